The van der Waals surface area contributed by atoms with Crippen molar-refractivity contribution < 1.29 is 22.7 Å². The van der Waals surface area contributed by atoms with E-state index in [0.29, 0.717) is 22.6 Å². The summed E-state index contributed by atoms with van der Waals surface area (Å²) in [6, 6.07) is 10.5. The highest BCUT2D eigenvalue weighted by molar-refractivity contribution is 7.89. The lowest BCUT2D eigenvalue weighted by Gasteiger charge is -2.18. The average Bonchev–Trinajstić information content (AvgIpc) is 2.60. The van der Waals surface area contributed by atoms with E-state index in [4.69, 9.17) is 9.47 Å². The minimum Gasteiger partial charge on any atom is -0.497 e. The number of benzene rings is 2. The zero-order valence-corrected chi connectivity index (χ0v) is 15.4. The third kappa shape index (κ3) is 4.37. The number of hydrogen-bond donors (Lipinski definition) is 1. The molecular weight excluding hydrogens is 342 g/mol. The molecule has 0 aliphatic heterocycles. The molecule has 1 N–H and O–H groups in total. The van der Waals surface area contributed by atoms with Gasteiger partial charge in [-0.2, -0.15) is 0 Å². The highest BCUT2D eigenvalue weighted by Crippen LogP contribution is 2.30. The number of sulfonamides is 1. The van der Waals surface area contributed by atoms with E-state index in [-0.39, 0.29) is 10.7 Å². The number of Topliss-reactive ketones (excluding diaryl/α,β-unsaturated/α-hetero) is 1. The smallest absolute Gasteiger partial charge is 0.241 e. The number of carbonyl (C=O) groups is 1. The molecule has 1 atom stereocenters. The van der Waals surface area contributed by atoms with Gasteiger partial charge in [-0.15, -0.1) is 0 Å². The van der Waals surface area contributed by atoms with Crippen molar-refractivity contribution in [2.45, 2.75) is 24.8 Å². The molecule has 0 unspecified atom stereocenters. The molecule has 25 heavy (non-hydrogen) atoms. The number of nitrogens with one attached hydrogen (secondary N) is 1. The molecule has 0 spiro atoms. The number of ether oxygens (including phenoxy) is 2. The lowest BCUT2D eigenvalue weighted by Crippen LogP contribution is -2.27. The molecule has 0 radical (unpaired) electrons. The molecule has 2 rings (SSSR count). The summed E-state index contributed by atoms with van der Waals surface area (Å²) in [6.07, 6.45) is 0. The molecule has 0 bridgehead atoms. The number of ketones is 1. The van der Waals surface area contributed by atoms with Crippen molar-refractivity contribution in [2.75, 3.05) is 14.2 Å². The second-order valence-electron chi connectivity index (χ2n) is 5.53. The minimum absolute atomic E-state index is 0.0891. The number of methoxy groups -OCH3 is 2. The summed E-state index contributed by atoms with van der Waals surface area (Å²) in [4.78, 5) is 11.4. The molecule has 0 fully saturated rings. The standard InChI is InChI=1S/C18H21NO5S/c1-12(17-11-15(23-3)7-10-18(17)24-4)19-25(21,22)16-8-5-14(6-9-16)13(2)20/h5-12,19H,1-4H3/t12-/m0/s1. The molecule has 0 heterocycles. The van der Waals surface area contributed by atoms with Crippen LogP contribution in [0.5, 0.6) is 11.5 Å². The Kier molecular flexibility index (Phi) is 5.81. The molecule has 0 aliphatic rings. The van der Waals surface area contributed by atoms with E-state index < -0.39 is 16.1 Å². The van der Waals surface area contributed by atoms with E-state index in [1.165, 1.54) is 45.4 Å². The topological polar surface area (TPSA) is 81.7 Å². The van der Waals surface area contributed by atoms with E-state index in [1.807, 2.05) is 0 Å². The maximum atomic E-state index is 12.6. The van der Waals surface area contributed by atoms with Crippen molar-refractivity contribution >= 4 is 15.8 Å². The molecule has 134 valence electrons. The van der Waals surface area contributed by atoms with Crippen LogP contribution in [0.4, 0.5) is 0 Å². The van der Waals surface area contributed by atoms with Crippen molar-refractivity contribution in [3.63, 3.8) is 0 Å². The SMILES string of the molecule is COc1ccc(OC)c([C@H](C)NS(=O)(=O)c2ccc(C(C)=O)cc2)c1. The van der Waals surface area contributed by atoms with Crippen LogP contribution in [0.2, 0.25) is 0 Å². The first-order chi connectivity index (χ1) is 11.8. The second-order valence-corrected chi connectivity index (χ2v) is 7.25. The zero-order valence-electron chi connectivity index (χ0n) is 14.6. The van der Waals surface area contributed by atoms with Gasteiger partial charge in [-0.1, -0.05) is 12.1 Å². The Morgan fingerprint density at radius 2 is 1.68 bits per heavy atom. The van der Waals surface area contributed by atoms with E-state index in [2.05, 4.69) is 4.72 Å². The predicted molar refractivity (Wildman–Crippen MR) is 94.7 cm³/mol. The molecule has 6 nitrogen and oxygen atoms in total. The third-order valence-corrected chi connectivity index (χ3v) is 5.36. The van der Waals surface area contributed by atoms with Crippen molar-refractivity contribution in [1.29, 1.82) is 0 Å². The van der Waals surface area contributed by atoms with Crippen LogP contribution in [-0.2, 0) is 10.0 Å². The Balaban J connectivity index is 2.29. The largest absolute Gasteiger partial charge is 0.497 e. The van der Waals surface area contributed by atoms with Crippen molar-refractivity contribution in [1.82, 2.24) is 4.72 Å². The van der Waals surface area contributed by atoms with E-state index in [9.17, 15) is 13.2 Å². The van der Waals surface area contributed by atoms with Gasteiger partial charge in [0.15, 0.2) is 5.78 Å². The van der Waals surface area contributed by atoms with Crippen LogP contribution >= 0.6 is 0 Å². The van der Waals surface area contributed by atoms with Gasteiger partial charge in [-0.3, -0.25) is 4.79 Å². The number of carbonyl (C=O) groups excluding carboxylic acids is 1. The van der Waals surface area contributed by atoms with Crippen molar-refractivity contribution in [2.24, 2.45) is 0 Å². The van der Waals surface area contributed by atoms with Gasteiger partial charge in [-0.25, -0.2) is 13.1 Å². The number of rotatable bonds is 7. The van der Waals surface area contributed by atoms with E-state index in [0.717, 1.165) is 0 Å². The molecule has 2 aromatic rings. The predicted octanol–water partition coefficient (Wildman–Crippen LogP) is 2.95. The van der Waals surface area contributed by atoms with E-state index in [1.54, 1.807) is 25.1 Å². The van der Waals surface area contributed by atoms with Gasteiger partial charge in [0.1, 0.15) is 11.5 Å². The van der Waals surface area contributed by atoms with Crippen LogP contribution < -0.4 is 14.2 Å². The van der Waals surface area contributed by atoms with Gasteiger partial charge in [0.25, 0.3) is 0 Å². The van der Waals surface area contributed by atoms with Gasteiger partial charge in [0.2, 0.25) is 10.0 Å². The summed E-state index contributed by atoms with van der Waals surface area (Å²) >= 11 is 0. The Labute approximate surface area is 147 Å². The summed E-state index contributed by atoms with van der Waals surface area (Å²) in [6.45, 7) is 3.15. The highest BCUT2D eigenvalue weighted by atomic mass is 32.2. The van der Waals surface area contributed by atoms with Gasteiger partial charge < -0.3 is 9.47 Å². The van der Waals surface area contributed by atoms with Crippen molar-refractivity contribution in [3.8, 4) is 11.5 Å². The fourth-order valence-electron chi connectivity index (χ4n) is 2.41. The van der Waals surface area contributed by atoms with E-state index >= 15 is 0 Å². The summed E-state index contributed by atoms with van der Waals surface area (Å²) in [5.74, 6) is 1.04. The lowest BCUT2D eigenvalue weighted by atomic mass is 10.1. The molecular formula is C18H21NO5S. The first-order valence-electron chi connectivity index (χ1n) is 7.63. The highest BCUT2D eigenvalue weighted by Gasteiger charge is 2.21. The fraction of sp³-hybridized carbons (Fsp3) is 0.278. The molecule has 0 aromatic heterocycles. The quantitative estimate of drug-likeness (QED) is 0.765. The Morgan fingerprint density at radius 1 is 1.04 bits per heavy atom. The number of hydrogen-bond acceptors (Lipinski definition) is 5. The molecule has 2 aromatic carbocycles. The fourth-order valence-corrected chi connectivity index (χ4v) is 3.63. The normalized spacial score (nSPS) is 12.5. The first kappa shape index (κ1) is 19.0. The summed E-state index contributed by atoms with van der Waals surface area (Å²) < 4.78 is 38.3. The Hall–Kier alpha value is -2.38. The van der Waals surface area contributed by atoms with Gasteiger partial charge in [-0.05, 0) is 44.2 Å². The maximum Gasteiger partial charge on any atom is 0.241 e. The van der Waals surface area contributed by atoms with Crippen LogP contribution in [0, 0.1) is 0 Å². The Bertz CT molecular complexity index is 860. The van der Waals surface area contributed by atoms with Gasteiger partial charge in [0.05, 0.1) is 19.1 Å². The average molecular weight is 363 g/mol. The monoisotopic (exact) mass is 363 g/mol. The van der Waals surface area contributed by atoms with Crippen LogP contribution in [0.1, 0.15) is 35.8 Å². The minimum atomic E-state index is -3.75. The second kappa shape index (κ2) is 7.67. The van der Waals surface area contributed by atoms with Crippen molar-refractivity contribution in [3.05, 3.63) is 53.6 Å². The Morgan fingerprint density at radius 3 is 2.20 bits per heavy atom. The summed E-state index contributed by atoms with van der Waals surface area (Å²) in [5, 5.41) is 0. The molecule has 7 heteroatoms. The maximum absolute atomic E-state index is 12.6. The third-order valence-electron chi connectivity index (χ3n) is 3.81. The molecule has 0 saturated heterocycles. The zero-order chi connectivity index (χ0) is 18.6. The van der Waals surface area contributed by atoms with Gasteiger partial charge in [0, 0.05) is 17.2 Å². The lowest BCUT2D eigenvalue weighted by molar-refractivity contribution is 0.101. The van der Waals surface area contributed by atoms with Crippen LogP contribution in [-0.4, -0.2) is 28.4 Å². The summed E-state index contributed by atoms with van der Waals surface area (Å²) in [5.41, 5.74) is 1.12. The van der Waals surface area contributed by atoms with Crippen LogP contribution in [0.25, 0.3) is 0 Å². The van der Waals surface area contributed by atoms with Crippen LogP contribution in [0.3, 0.4) is 0 Å². The molecule has 0 saturated carbocycles. The summed E-state index contributed by atoms with van der Waals surface area (Å²) in [7, 11) is -0.693. The van der Waals surface area contributed by atoms with Gasteiger partial charge >= 0.3 is 0 Å². The molecule has 0 aliphatic carbocycles. The van der Waals surface area contributed by atoms with Crippen LogP contribution in [0.15, 0.2) is 47.4 Å². The molecule has 0 amide bonds. The first-order valence-corrected chi connectivity index (χ1v) is 9.12.